The quantitative estimate of drug-likeness (QED) is 0.724. The Labute approximate surface area is 124 Å². The summed E-state index contributed by atoms with van der Waals surface area (Å²) in [5.41, 5.74) is 1.04. The average molecular weight is 307 g/mol. The van der Waals surface area contributed by atoms with Gasteiger partial charge in [0, 0.05) is 11.6 Å². The third kappa shape index (κ3) is 2.28. The van der Waals surface area contributed by atoms with Crippen LogP contribution < -0.4 is 4.74 Å². The zero-order valence-electron chi connectivity index (χ0n) is 11.8. The number of benzene rings is 1. The van der Waals surface area contributed by atoms with Crippen molar-refractivity contribution < 1.29 is 17.9 Å². The van der Waals surface area contributed by atoms with E-state index < -0.39 is 11.9 Å². The van der Waals surface area contributed by atoms with Gasteiger partial charge in [-0.15, -0.1) is 0 Å². The van der Waals surface area contributed by atoms with E-state index in [0.29, 0.717) is 17.0 Å². The van der Waals surface area contributed by atoms with Crippen LogP contribution >= 0.6 is 0 Å². The predicted octanol–water partition coefficient (Wildman–Crippen LogP) is 3.76. The molecule has 0 aliphatic heterocycles. The lowest BCUT2D eigenvalue weighted by molar-refractivity contribution is -0.141. The second-order valence-corrected chi connectivity index (χ2v) is 4.79. The van der Waals surface area contributed by atoms with Crippen LogP contribution in [0.4, 0.5) is 13.2 Å². The number of hydrogen-bond donors (Lipinski definition) is 0. The van der Waals surface area contributed by atoms with Gasteiger partial charge < -0.3 is 4.74 Å². The van der Waals surface area contributed by atoms with Crippen molar-refractivity contribution in [2.75, 3.05) is 7.11 Å². The van der Waals surface area contributed by atoms with Crippen LogP contribution in [0.15, 0.2) is 36.7 Å². The number of halogens is 3. The molecule has 0 saturated carbocycles. The summed E-state index contributed by atoms with van der Waals surface area (Å²) in [5.74, 6) is 0.444. The zero-order chi connectivity index (χ0) is 15.9. The van der Waals surface area contributed by atoms with Gasteiger partial charge in [0.25, 0.3) is 0 Å². The summed E-state index contributed by atoms with van der Waals surface area (Å²) in [6, 6.07) is 6.49. The van der Waals surface area contributed by atoms with E-state index in [-0.39, 0.29) is 0 Å². The molecular formula is C15H12F3N3O. The van der Waals surface area contributed by atoms with Crippen LogP contribution in [0.2, 0.25) is 0 Å². The molecule has 114 valence electrons. The molecule has 0 aliphatic rings. The minimum atomic E-state index is -4.49. The number of rotatable bonds is 2. The first-order valence-corrected chi connectivity index (χ1v) is 6.47. The molecule has 0 fully saturated rings. The third-order valence-corrected chi connectivity index (χ3v) is 3.37. The maximum atomic E-state index is 12.7. The number of methoxy groups -OCH3 is 1. The van der Waals surface area contributed by atoms with Crippen molar-refractivity contribution in [2.45, 2.75) is 13.1 Å². The summed E-state index contributed by atoms with van der Waals surface area (Å²) in [6.45, 7) is 1.89. The number of fused-ring (bicyclic) bond motifs is 1. The SMILES string of the molecule is COc1c(-n2ccc(C(F)(F)F)n2)cnc2cccc(C)c12. The molecule has 4 nitrogen and oxygen atoms in total. The fourth-order valence-corrected chi connectivity index (χ4v) is 2.35. The second kappa shape index (κ2) is 5.01. The highest BCUT2D eigenvalue weighted by Gasteiger charge is 2.34. The minimum Gasteiger partial charge on any atom is -0.494 e. The van der Waals surface area contributed by atoms with Crippen LogP contribution in [0.5, 0.6) is 5.75 Å². The number of ether oxygens (including phenoxy) is 1. The van der Waals surface area contributed by atoms with Gasteiger partial charge in [-0.05, 0) is 24.6 Å². The second-order valence-electron chi connectivity index (χ2n) is 4.79. The van der Waals surface area contributed by atoms with Crippen LogP contribution in [-0.2, 0) is 6.18 Å². The zero-order valence-corrected chi connectivity index (χ0v) is 11.8. The van der Waals surface area contributed by atoms with Gasteiger partial charge in [0.15, 0.2) is 11.4 Å². The highest BCUT2D eigenvalue weighted by Crippen LogP contribution is 2.34. The molecule has 3 aromatic rings. The molecule has 3 rings (SSSR count). The van der Waals surface area contributed by atoms with Crippen molar-refractivity contribution in [3.63, 3.8) is 0 Å². The third-order valence-electron chi connectivity index (χ3n) is 3.37. The lowest BCUT2D eigenvalue weighted by Crippen LogP contribution is -2.08. The number of aryl methyl sites for hydroxylation is 1. The van der Waals surface area contributed by atoms with Crippen molar-refractivity contribution >= 4 is 10.9 Å². The Bertz CT molecular complexity index is 840. The molecule has 0 amide bonds. The topological polar surface area (TPSA) is 39.9 Å². The van der Waals surface area contributed by atoms with Gasteiger partial charge in [-0.1, -0.05) is 12.1 Å². The van der Waals surface area contributed by atoms with Gasteiger partial charge in [0.05, 0.1) is 18.8 Å². The first-order chi connectivity index (χ1) is 10.4. The number of hydrogen-bond acceptors (Lipinski definition) is 3. The summed E-state index contributed by atoms with van der Waals surface area (Å²) in [7, 11) is 1.47. The molecule has 0 atom stereocenters. The lowest BCUT2D eigenvalue weighted by atomic mass is 10.1. The summed E-state index contributed by atoms with van der Waals surface area (Å²) in [4.78, 5) is 4.28. The van der Waals surface area contributed by atoms with Crippen molar-refractivity contribution in [2.24, 2.45) is 0 Å². The summed E-state index contributed by atoms with van der Waals surface area (Å²) >= 11 is 0. The van der Waals surface area contributed by atoms with Gasteiger partial charge in [-0.3, -0.25) is 4.98 Å². The van der Waals surface area contributed by atoms with E-state index in [0.717, 1.165) is 21.7 Å². The Balaban J connectivity index is 2.23. The Kier molecular flexibility index (Phi) is 3.27. The standard InChI is InChI=1S/C15H12F3N3O/c1-9-4-3-5-10-13(9)14(22-2)11(8-19-10)21-7-6-12(20-21)15(16,17)18/h3-8H,1-2H3. The minimum absolute atomic E-state index is 0.361. The molecule has 7 heteroatoms. The summed E-state index contributed by atoms with van der Waals surface area (Å²) in [5, 5.41) is 4.32. The molecule has 1 aromatic carbocycles. The molecule has 0 N–H and O–H groups in total. The highest BCUT2D eigenvalue weighted by atomic mass is 19.4. The van der Waals surface area contributed by atoms with Crippen LogP contribution in [-0.4, -0.2) is 21.9 Å². The monoisotopic (exact) mass is 307 g/mol. The Hall–Kier alpha value is -2.57. The Morgan fingerprint density at radius 3 is 2.59 bits per heavy atom. The van der Waals surface area contributed by atoms with Crippen LogP contribution in [0.3, 0.4) is 0 Å². The Morgan fingerprint density at radius 1 is 1.18 bits per heavy atom. The predicted molar refractivity (Wildman–Crippen MR) is 75.2 cm³/mol. The molecule has 22 heavy (non-hydrogen) atoms. The van der Waals surface area contributed by atoms with Gasteiger partial charge in [0.2, 0.25) is 0 Å². The van der Waals surface area contributed by atoms with Gasteiger partial charge >= 0.3 is 6.18 Å². The van der Waals surface area contributed by atoms with Gasteiger partial charge in [-0.25, -0.2) is 4.68 Å². The highest BCUT2D eigenvalue weighted by molar-refractivity contribution is 5.91. The smallest absolute Gasteiger partial charge is 0.435 e. The molecule has 0 saturated heterocycles. The molecule has 0 bridgehead atoms. The first kappa shape index (κ1) is 14.4. The van der Waals surface area contributed by atoms with Crippen molar-refractivity contribution in [1.29, 1.82) is 0 Å². The van der Waals surface area contributed by atoms with Crippen LogP contribution in [0.25, 0.3) is 16.6 Å². The lowest BCUT2D eigenvalue weighted by Gasteiger charge is -2.13. The number of nitrogens with zero attached hydrogens (tertiary/aromatic N) is 3. The fraction of sp³-hybridized carbons (Fsp3) is 0.200. The molecule has 0 spiro atoms. The van der Waals surface area contributed by atoms with E-state index in [9.17, 15) is 13.2 Å². The molecule has 0 unspecified atom stereocenters. The largest absolute Gasteiger partial charge is 0.494 e. The van der Waals surface area contributed by atoms with Crippen LogP contribution in [0, 0.1) is 6.92 Å². The number of alkyl halides is 3. The van der Waals surface area contributed by atoms with E-state index in [1.54, 1.807) is 0 Å². The Morgan fingerprint density at radius 2 is 1.95 bits per heavy atom. The van der Waals surface area contributed by atoms with E-state index in [2.05, 4.69) is 10.1 Å². The normalized spacial score (nSPS) is 11.9. The maximum Gasteiger partial charge on any atom is 0.435 e. The fourth-order valence-electron chi connectivity index (χ4n) is 2.35. The van der Waals surface area contributed by atoms with Crippen molar-refractivity contribution in [3.8, 4) is 11.4 Å². The van der Waals surface area contributed by atoms with Crippen molar-refractivity contribution in [1.82, 2.24) is 14.8 Å². The van der Waals surface area contributed by atoms with Crippen molar-refractivity contribution in [3.05, 3.63) is 47.9 Å². The molecular weight excluding hydrogens is 295 g/mol. The van der Waals surface area contributed by atoms with E-state index >= 15 is 0 Å². The molecule has 0 radical (unpaired) electrons. The van der Waals surface area contributed by atoms with E-state index in [1.807, 2.05) is 25.1 Å². The number of aromatic nitrogens is 3. The van der Waals surface area contributed by atoms with Gasteiger partial charge in [0.1, 0.15) is 5.69 Å². The first-order valence-electron chi connectivity index (χ1n) is 6.47. The average Bonchev–Trinajstić information content (AvgIpc) is 2.96. The molecule has 0 aliphatic carbocycles. The van der Waals surface area contributed by atoms with E-state index in [4.69, 9.17) is 4.74 Å². The maximum absolute atomic E-state index is 12.7. The van der Waals surface area contributed by atoms with Crippen LogP contribution in [0.1, 0.15) is 11.3 Å². The van der Waals surface area contributed by atoms with E-state index in [1.165, 1.54) is 19.5 Å². The molecule has 2 aromatic heterocycles. The summed E-state index contributed by atoms with van der Waals surface area (Å²) in [6.07, 6.45) is -1.79. The summed E-state index contributed by atoms with van der Waals surface area (Å²) < 4.78 is 44.6. The number of pyridine rings is 1. The molecule has 2 heterocycles. The van der Waals surface area contributed by atoms with Gasteiger partial charge in [-0.2, -0.15) is 18.3 Å².